The summed E-state index contributed by atoms with van der Waals surface area (Å²) in [5.74, 6) is -0.168. The molecule has 6 heteroatoms. The van der Waals surface area contributed by atoms with Crippen LogP contribution >= 0.6 is 0 Å². The third kappa shape index (κ3) is 3.33. The molecule has 0 unspecified atom stereocenters. The Morgan fingerprint density at radius 1 is 1.11 bits per heavy atom. The van der Waals surface area contributed by atoms with Gasteiger partial charge in [0, 0.05) is 37.6 Å². The average molecular weight is 360 g/mol. The van der Waals surface area contributed by atoms with Crippen LogP contribution in [0.15, 0.2) is 60.8 Å². The highest BCUT2D eigenvalue weighted by molar-refractivity contribution is 6.07. The number of amides is 2. The second-order valence-corrected chi connectivity index (χ2v) is 6.56. The van der Waals surface area contributed by atoms with E-state index in [1.165, 1.54) is 4.68 Å². The van der Waals surface area contributed by atoms with E-state index >= 15 is 0 Å². The average Bonchev–Trinajstić information content (AvgIpc) is 3.32. The number of hydrogen-bond donors (Lipinski definition) is 1. The molecule has 0 radical (unpaired) electrons. The number of rotatable bonds is 4. The molecule has 4 rings (SSSR count). The number of nitrogens with zero attached hydrogens (tertiary/aromatic N) is 3. The minimum atomic E-state index is -0.173. The van der Waals surface area contributed by atoms with Crippen molar-refractivity contribution in [3.63, 3.8) is 0 Å². The standard InChI is InChI=1S/C21H20N4O2/c1-24-18(9-11-23-24)20(26)22-14-15-7-8-16-10-12-25(19(16)13-15)21(27)17-5-3-2-4-6-17/h2-9,11,13H,10,12,14H2,1H3,(H,22,26). The van der Waals surface area contributed by atoms with Gasteiger partial charge in [0.15, 0.2) is 0 Å². The van der Waals surface area contributed by atoms with E-state index in [0.29, 0.717) is 24.3 Å². The topological polar surface area (TPSA) is 67.2 Å². The van der Waals surface area contributed by atoms with E-state index in [1.807, 2.05) is 53.4 Å². The second kappa shape index (κ2) is 7.07. The van der Waals surface area contributed by atoms with E-state index < -0.39 is 0 Å². The molecule has 2 aromatic carbocycles. The maximum absolute atomic E-state index is 12.8. The Balaban J connectivity index is 1.50. The molecule has 0 atom stereocenters. The molecule has 1 aliphatic rings. The first-order chi connectivity index (χ1) is 13.1. The van der Waals surface area contributed by atoms with Crippen LogP contribution in [0.1, 0.15) is 32.0 Å². The number of aryl methyl sites for hydroxylation is 1. The Morgan fingerprint density at radius 3 is 2.67 bits per heavy atom. The number of anilines is 1. The van der Waals surface area contributed by atoms with Crippen LogP contribution < -0.4 is 10.2 Å². The highest BCUT2D eigenvalue weighted by Gasteiger charge is 2.25. The summed E-state index contributed by atoms with van der Waals surface area (Å²) in [6, 6.07) is 17.0. The molecule has 2 amide bonds. The van der Waals surface area contributed by atoms with Gasteiger partial charge in [-0.1, -0.05) is 30.3 Å². The van der Waals surface area contributed by atoms with E-state index in [1.54, 1.807) is 19.3 Å². The van der Waals surface area contributed by atoms with Crippen molar-refractivity contribution in [3.05, 3.63) is 83.2 Å². The third-order valence-electron chi connectivity index (χ3n) is 4.82. The van der Waals surface area contributed by atoms with Gasteiger partial charge in [-0.2, -0.15) is 5.10 Å². The van der Waals surface area contributed by atoms with E-state index in [4.69, 9.17) is 0 Å². The monoisotopic (exact) mass is 360 g/mol. The number of aromatic nitrogens is 2. The van der Waals surface area contributed by atoms with Crippen LogP contribution in [0.4, 0.5) is 5.69 Å². The zero-order valence-electron chi connectivity index (χ0n) is 15.1. The van der Waals surface area contributed by atoms with Crippen LogP contribution in [0.5, 0.6) is 0 Å². The van der Waals surface area contributed by atoms with Gasteiger partial charge in [0.2, 0.25) is 0 Å². The molecule has 2 heterocycles. The normalized spacial score (nSPS) is 12.7. The zero-order valence-corrected chi connectivity index (χ0v) is 15.1. The molecule has 136 valence electrons. The molecule has 6 nitrogen and oxygen atoms in total. The van der Waals surface area contributed by atoms with Crippen LogP contribution in [0.3, 0.4) is 0 Å². The maximum Gasteiger partial charge on any atom is 0.269 e. The molecule has 0 saturated heterocycles. The number of carbonyl (C=O) groups excluding carboxylic acids is 2. The van der Waals surface area contributed by atoms with Crippen molar-refractivity contribution in [2.75, 3.05) is 11.4 Å². The van der Waals surface area contributed by atoms with Gasteiger partial charge in [-0.05, 0) is 41.8 Å². The number of carbonyl (C=O) groups is 2. The van der Waals surface area contributed by atoms with Crippen molar-refractivity contribution in [3.8, 4) is 0 Å². The van der Waals surface area contributed by atoms with E-state index in [2.05, 4.69) is 10.4 Å². The van der Waals surface area contributed by atoms with Crippen LogP contribution in [-0.2, 0) is 20.0 Å². The maximum atomic E-state index is 12.8. The van der Waals surface area contributed by atoms with Crippen molar-refractivity contribution in [2.24, 2.45) is 7.05 Å². The molecular weight excluding hydrogens is 340 g/mol. The van der Waals surface area contributed by atoms with Gasteiger partial charge < -0.3 is 10.2 Å². The lowest BCUT2D eigenvalue weighted by Crippen LogP contribution is -2.29. The van der Waals surface area contributed by atoms with Crippen molar-refractivity contribution in [2.45, 2.75) is 13.0 Å². The molecule has 1 aliphatic heterocycles. The van der Waals surface area contributed by atoms with E-state index in [9.17, 15) is 9.59 Å². The molecule has 0 fully saturated rings. The largest absolute Gasteiger partial charge is 0.347 e. The van der Waals surface area contributed by atoms with Gasteiger partial charge in [-0.3, -0.25) is 14.3 Å². The molecule has 0 spiro atoms. The first kappa shape index (κ1) is 17.0. The van der Waals surface area contributed by atoms with Gasteiger partial charge in [0.25, 0.3) is 11.8 Å². The van der Waals surface area contributed by atoms with Gasteiger partial charge >= 0.3 is 0 Å². The Kier molecular flexibility index (Phi) is 4.46. The van der Waals surface area contributed by atoms with Crippen molar-refractivity contribution in [1.29, 1.82) is 0 Å². The highest BCUT2D eigenvalue weighted by atomic mass is 16.2. The van der Waals surface area contributed by atoms with E-state index in [-0.39, 0.29) is 11.8 Å². The molecule has 27 heavy (non-hydrogen) atoms. The van der Waals surface area contributed by atoms with Crippen LogP contribution in [-0.4, -0.2) is 28.1 Å². The number of nitrogens with one attached hydrogen (secondary N) is 1. The molecule has 0 saturated carbocycles. The summed E-state index contributed by atoms with van der Waals surface area (Å²) in [4.78, 5) is 26.9. The van der Waals surface area contributed by atoms with Crippen LogP contribution in [0.25, 0.3) is 0 Å². The fourth-order valence-corrected chi connectivity index (χ4v) is 3.35. The second-order valence-electron chi connectivity index (χ2n) is 6.56. The number of fused-ring (bicyclic) bond motifs is 1. The molecule has 0 bridgehead atoms. The number of benzene rings is 2. The molecular formula is C21H20N4O2. The highest BCUT2D eigenvalue weighted by Crippen LogP contribution is 2.30. The zero-order chi connectivity index (χ0) is 18.8. The summed E-state index contributed by atoms with van der Waals surface area (Å²) >= 11 is 0. The Labute approximate surface area is 157 Å². The van der Waals surface area contributed by atoms with Crippen molar-refractivity contribution in [1.82, 2.24) is 15.1 Å². The Morgan fingerprint density at radius 2 is 1.93 bits per heavy atom. The lowest BCUT2D eigenvalue weighted by atomic mass is 10.1. The fraction of sp³-hybridized carbons (Fsp3) is 0.190. The van der Waals surface area contributed by atoms with Gasteiger partial charge in [0.1, 0.15) is 5.69 Å². The first-order valence-corrected chi connectivity index (χ1v) is 8.88. The van der Waals surface area contributed by atoms with Crippen LogP contribution in [0.2, 0.25) is 0 Å². The van der Waals surface area contributed by atoms with Gasteiger partial charge in [-0.25, -0.2) is 0 Å². The summed E-state index contributed by atoms with van der Waals surface area (Å²) in [7, 11) is 1.73. The minimum Gasteiger partial charge on any atom is -0.347 e. The van der Waals surface area contributed by atoms with Crippen LogP contribution in [0, 0.1) is 0 Å². The quantitative estimate of drug-likeness (QED) is 0.778. The van der Waals surface area contributed by atoms with Gasteiger partial charge in [0.05, 0.1) is 0 Å². The molecule has 1 aromatic heterocycles. The van der Waals surface area contributed by atoms with Crippen molar-refractivity contribution < 1.29 is 9.59 Å². The minimum absolute atomic E-state index is 0.00502. The summed E-state index contributed by atoms with van der Waals surface area (Å²) in [6.45, 7) is 1.07. The lowest BCUT2D eigenvalue weighted by molar-refractivity contribution is 0.0940. The van der Waals surface area contributed by atoms with E-state index in [0.717, 1.165) is 23.2 Å². The fourth-order valence-electron chi connectivity index (χ4n) is 3.35. The summed E-state index contributed by atoms with van der Waals surface area (Å²) in [5.41, 5.74) is 4.23. The third-order valence-corrected chi connectivity index (χ3v) is 4.82. The Hall–Kier alpha value is -3.41. The summed E-state index contributed by atoms with van der Waals surface area (Å²) in [5, 5.41) is 6.92. The first-order valence-electron chi connectivity index (χ1n) is 8.88. The smallest absolute Gasteiger partial charge is 0.269 e. The predicted molar refractivity (Wildman–Crippen MR) is 103 cm³/mol. The lowest BCUT2D eigenvalue weighted by Gasteiger charge is -2.18. The van der Waals surface area contributed by atoms with Crippen molar-refractivity contribution >= 4 is 17.5 Å². The number of hydrogen-bond acceptors (Lipinski definition) is 3. The summed E-state index contributed by atoms with van der Waals surface area (Å²) in [6.07, 6.45) is 2.44. The molecule has 0 aliphatic carbocycles. The predicted octanol–water partition coefficient (Wildman–Crippen LogP) is 2.55. The molecule has 3 aromatic rings. The van der Waals surface area contributed by atoms with Gasteiger partial charge in [-0.15, -0.1) is 0 Å². The molecule has 1 N–H and O–H groups in total. The summed E-state index contributed by atoms with van der Waals surface area (Å²) < 4.78 is 1.54. The Bertz CT molecular complexity index is 994. The SMILES string of the molecule is Cn1nccc1C(=O)NCc1ccc2c(c1)N(C(=O)c1ccccc1)CC2.